The van der Waals surface area contributed by atoms with Gasteiger partial charge < -0.3 is 20.7 Å². The largest absolute Gasteiger partial charge is 0.444 e. The van der Waals surface area contributed by atoms with Crippen LogP contribution in [0.15, 0.2) is 41.8 Å². The molecule has 2 rings (SSSR count). The molecule has 0 unspecified atom stereocenters. The first kappa shape index (κ1) is 26.7. The van der Waals surface area contributed by atoms with E-state index >= 15 is 0 Å². The Kier molecular flexibility index (Phi) is 10.2. The number of nitrogens with one attached hydrogen (secondary N) is 3. The Balaban J connectivity index is 0.00000480. The summed E-state index contributed by atoms with van der Waals surface area (Å²) in [4.78, 5) is 21.0. The Labute approximate surface area is 201 Å². The van der Waals surface area contributed by atoms with Crippen molar-refractivity contribution < 1.29 is 9.53 Å². The molecule has 10 heteroatoms. The van der Waals surface area contributed by atoms with E-state index in [9.17, 15) is 4.79 Å². The lowest BCUT2D eigenvalue weighted by Gasteiger charge is -2.29. The minimum absolute atomic E-state index is 0. The third kappa shape index (κ3) is 9.99. The molecule has 0 saturated carbocycles. The summed E-state index contributed by atoms with van der Waals surface area (Å²) >= 11 is 0. The first-order valence-electron chi connectivity index (χ1n) is 10.1. The van der Waals surface area contributed by atoms with Gasteiger partial charge in [-0.1, -0.05) is 0 Å². The Morgan fingerprint density at radius 2 is 1.94 bits per heavy atom. The van der Waals surface area contributed by atoms with Crippen molar-refractivity contribution in [2.75, 3.05) is 13.1 Å². The molecule has 3 N–H and O–H groups in total. The molecular formula is C21H34IN7O2. The molecule has 2 aromatic rings. The van der Waals surface area contributed by atoms with Crippen LogP contribution in [0.2, 0.25) is 0 Å². The van der Waals surface area contributed by atoms with Crippen LogP contribution in [-0.2, 0) is 11.3 Å². The number of aromatic nitrogens is 3. The Morgan fingerprint density at radius 1 is 1.19 bits per heavy atom. The Morgan fingerprint density at radius 3 is 2.55 bits per heavy atom. The van der Waals surface area contributed by atoms with Crippen molar-refractivity contribution in [1.29, 1.82) is 0 Å². The van der Waals surface area contributed by atoms with Crippen LogP contribution in [0.4, 0.5) is 4.79 Å². The highest BCUT2D eigenvalue weighted by Gasteiger charge is 2.24. The maximum absolute atomic E-state index is 12.1. The highest BCUT2D eigenvalue weighted by molar-refractivity contribution is 14.0. The van der Waals surface area contributed by atoms with Crippen molar-refractivity contribution in [2.24, 2.45) is 4.99 Å². The van der Waals surface area contributed by atoms with Gasteiger partial charge in [-0.25, -0.2) is 19.5 Å². The molecule has 2 aromatic heterocycles. The fourth-order valence-corrected chi connectivity index (χ4v) is 2.53. The molecule has 9 nitrogen and oxygen atoms in total. The number of guanidine groups is 1. The zero-order valence-electron chi connectivity index (χ0n) is 19.1. The van der Waals surface area contributed by atoms with Crippen molar-refractivity contribution in [3.05, 3.63) is 42.4 Å². The molecule has 0 aromatic carbocycles. The summed E-state index contributed by atoms with van der Waals surface area (Å²) < 4.78 is 7.05. The molecule has 2 heterocycles. The van der Waals surface area contributed by atoms with Gasteiger partial charge in [0.05, 0.1) is 12.1 Å². The number of aliphatic imine (C=N–C) groups is 1. The average molecular weight is 543 g/mol. The Bertz CT molecular complexity index is 846. The van der Waals surface area contributed by atoms with Crippen molar-refractivity contribution in [3.63, 3.8) is 0 Å². The predicted molar refractivity (Wildman–Crippen MR) is 133 cm³/mol. The van der Waals surface area contributed by atoms with Gasteiger partial charge in [0, 0.05) is 31.7 Å². The van der Waals surface area contributed by atoms with Gasteiger partial charge >= 0.3 is 6.09 Å². The van der Waals surface area contributed by atoms with E-state index in [0.29, 0.717) is 19.0 Å². The van der Waals surface area contributed by atoms with E-state index in [1.54, 1.807) is 17.1 Å². The number of ether oxygens (including phenoxy) is 1. The van der Waals surface area contributed by atoms with E-state index < -0.39 is 17.2 Å². The van der Waals surface area contributed by atoms with Crippen LogP contribution >= 0.6 is 24.0 Å². The van der Waals surface area contributed by atoms with E-state index in [4.69, 9.17) is 4.74 Å². The van der Waals surface area contributed by atoms with Gasteiger partial charge in [-0.05, 0) is 65.3 Å². The second-order valence-electron chi connectivity index (χ2n) is 8.53. The number of nitrogens with zero attached hydrogens (tertiary/aromatic N) is 4. The van der Waals surface area contributed by atoms with Crippen molar-refractivity contribution >= 4 is 36.0 Å². The monoisotopic (exact) mass is 543 g/mol. The summed E-state index contributed by atoms with van der Waals surface area (Å²) in [5.41, 5.74) is -0.0507. The molecule has 1 amide bonds. The third-order valence-electron chi connectivity index (χ3n) is 3.85. The molecule has 0 bridgehead atoms. The normalized spacial score (nSPS) is 12.0. The van der Waals surface area contributed by atoms with Crippen molar-refractivity contribution in [1.82, 2.24) is 30.7 Å². The molecule has 31 heavy (non-hydrogen) atoms. The van der Waals surface area contributed by atoms with Crippen LogP contribution in [-0.4, -0.2) is 51.0 Å². The van der Waals surface area contributed by atoms with Crippen molar-refractivity contribution in [3.8, 4) is 5.82 Å². The standard InChI is InChI=1S/C21H33N7O2.HI/c1-7-22-18(25-15-21(5,6)27-19(29)30-20(2,3)4)24-14-16-9-11-23-17(13-16)28-12-8-10-26-28;/h8-13H,7,14-15H2,1-6H3,(H,27,29)(H2,22,24,25);1H. The first-order valence-corrected chi connectivity index (χ1v) is 10.1. The van der Waals surface area contributed by atoms with E-state index in [0.717, 1.165) is 17.9 Å². The summed E-state index contributed by atoms with van der Waals surface area (Å²) in [6.07, 6.45) is 4.86. The summed E-state index contributed by atoms with van der Waals surface area (Å²) in [5, 5.41) is 13.6. The minimum Gasteiger partial charge on any atom is -0.444 e. The maximum atomic E-state index is 12.1. The zero-order chi connectivity index (χ0) is 22.2. The van der Waals surface area contributed by atoms with Crippen LogP contribution in [0.5, 0.6) is 0 Å². The lowest BCUT2D eigenvalue weighted by Crippen LogP contribution is -2.54. The molecule has 0 spiro atoms. The summed E-state index contributed by atoms with van der Waals surface area (Å²) in [5.74, 6) is 1.40. The number of hydrogen-bond donors (Lipinski definition) is 3. The van der Waals surface area contributed by atoms with E-state index in [-0.39, 0.29) is 24.0 Å². The quantitative estimate of drug-likeness (QED) is 0.282. The molecule has 0 aliphatic rings. The lowest BCUT2D eigenvalue weighted by molar-refractivity contribution is 0.0474. The summed E-state index contributed by atoms with van der Waals surface area (Å²) in [7, 11) is 0. The number of hydrogen-bond acceptors (Lipinski definition) is 5. The number of carbonyl (C=O) groups excluding carboxylic acids is 1. The molecule has 172 valence electrons. The van der Waals surface area contributed by atoms with Gasteiger partial charge in [0.1, 0.15) is 5.60 Å². The second kappa shape index (κ2) is 11.9. The maximum Gasteiger partial charge on any atom is 0.408 e. The van der Waals surface area contributed by atoms with Gasteiger partial charge in [-0.15, -0.1) is 24.0 Å². The second-order valence-corrected chi connectivity index (χ2v) is 8.53. The molecule has 0 radical (unpaired) electrons. The number of alkyl carbamates (subject to hydrolysis) is 1. The molecular weight excluding hydrogens is 509 g/mol. The van der Waals surface area contributed by atoms with Crippen LogP contribution in [0, 0.1) is 0 Å². The predicted octanol–water partition coefficient (Wildman–Crippen LogP) is 3.24. The summed E-state index contributed by atoms with van der Waals surface area (Å²) in [6, 6.07) is 5.73. The minimum atomic E-state index is -0.538. The molecule has 0 saturated heterocycles. The van der Waals surface area contributed by atoms with Gasteiger partial charge in [0.25, 0.3) is 0 Å². The number of carbonyl (C=O) groups is 1. The smallest absolute Gasteiger partial charge is 0.408 e. The van der Waals surface area contributed by atoms with Crippen LogP contribution in [0.1, 0.15) is 47.1 Å². The molecule has 0 aliphatic heterocycles. The number of pyridine rings is 1. The van der Waals surface area contributed by atoms with Gasteiger partial charge in [-0.3, -0.25) is 0 Å². The number of rotatable bonds is 7. The van der Waals surface area contributed by atoms with E-state index in [1.807, 2.05) is 65.9 Å². The molecule has 0 atom stereocenters. The van der Waals surface area contributed by atoms with Crippen LogP contribution in [0.3, 0.4) is 0 Å². The van der Waals surface area contributed by atoms with Gasteiger partial charge in [0.2, 0.25) is 0 Å². The zero-order valence-corrected chi connectivity index (χ0v) is 21.4. The van der Waals surface area contributed by atoms with Gasteiger partial charge in [0.15, 0.2) is 11.8 Å². The fourth-order valence-electron chi connectivity index (χ4n) is 2.53. The number of halogens is 1. The number of amides is 1. The highest BCUT2D eigenvalue weighted by Crippen LogP contribution is 2.10. The van der Waals surface area contributed by atoms with E-state index in [2.05, 4.69) is 31.0 Å². The van der Waals surface area contributed by atoms with Gasteiger partial charge in [-0.2, -0.15) is 5.10 Å². The fraction of sp³-hybridized carbons (Fsp3) is 0.524. The lowest BCUT2D eigenvalue weighted by atomic mass is 10.1. The first-order chi connectivity index (χ1) is 14.1. The third-order valence-corrected chi connectivity index (χ3v) is 3.85. The highest BCUT2D eigenvalue weighted by atomic mass is 127. The van der Waals surface area contributed by atoms with Crippen LogP contribution < -0.4 is 16.0 Å². The van der Waals surface area contributed by atoms with Crippen molar-refractivity contribution in [2.45, 2.75) is 59.2 Å². The average Bonchev–Trinajstić information content (AvgIpc) is 3.17. The van der Waals surface area contributed by atoms with Crippen LogP contribution in [0.25, 0.3) is 5.82 Å². The Hall–Kier alpha value is -2.37. The van der Waals surface area contributed by atoms with E-state index in [1.165, 1.54) is 0 Å². The SMILES string of the molecule is CCNC(=NCc1ccnc(-n2cccn2)c1)NCC(C)(C)NC(=O)OC(C)(C)C.I. The molecule has 0 aliphatic carbocycles. The summed E-state index contributed by atoms with van der Waals surface area (Å²) in [6.45, 7) is 13.0. The topological polar surface area (TPSA) is 105 Å². The molecule has 0 fully saturated rings.